The van der Waals surface area contributed by atoms with Crippen LogP contribution < -0.4 is 21.3 Å². The minimum absolute atomic E-state index is 0.104. The maximum atomic E-state index is 12.1. The Morgan fingerprint density at radius 3 is 2.59 bits per heavy atom. The van der Waals surface area contributed by atoms with Gasteiger partial charge in [0.05, 0.1) is 5.92 Å². The largest absolute Gasteiger partial charge is 0.383 e. The molecule has 0 saturated carbocycles. The molecule has 1 unspecified atom stereocenters. The van der Waals surface area contributed by atoms with Gasteiger partial charge >= 0.3 is 0 Å². The summed E-state index contributed by atoms with van der Waals surface area (Å²) in [6.07, 6.45) is 3.55. The third-order valence-electron chi connectivity index (χ3n) is 4.17. The topological polar surface area (TPSA) is 118 Å². The lowest BCUT2D eigenvalue weighted by molar-refractivity contribution is -0.123. The van der Waals surface area contributed by atoms with E-state index in [0.29, 0.717) is 5.82 Å². The number of anilines is 3. The Labute approximate surface area is 128 Å². The fourth-order valence-electron chi connectivity index (χ4n) is 2.94. The zero-order valence-corrected chi connectivity index (χ0v) is 12.4. The second-order valence-corrected chi connectivity index (χ2v) is 5.81. The Bertz CT molecular complexity index is 599. The van der Waals surface area contributed by atoms with Crippen molar-refractivity contribution in [2.24, 2.45) is 11.7 Å². The number of nitrogen functional groups attached to an aromatic ring is 1. The molecule has 2 aliphatic heterocycles. The zero-order chi connectivity index (χ0) is 15.7. The van der Waals surface area contributed by atoms with Crippen LogP contribution in [0.25, 0.3) is 0 Å². The van der Waals surface area contributed by atoms with E-state index in [-0.39, 0.29) is 24.8 Å². The van der Waals surface area contributed by atoms with Crippen LogP contribution in [0.15, 0.2) is 6.07 Å². The number of aromatic nitrogens is 2. The Balaban J connectivity index is 1.86. The highest BCUT2D eigenvalue weighted by Crippen LogP contribution is 2.26. The molecule has 2 saturated heterocycles. The molecule has 4 N–H and O–H groups in total. The third kappa shape index (κ3) is 2.81. The molecular formula is C14H20N6O2. The summed E-state index contributed by atoms with van der Waals surface area (Å²) in [5.74, 6) is 0.152. The molecule has 1 aromatic heterocycles. The minimum Gasteiger partial charge on any atom is -0.383 e. The van der Waals surface area contributed by atoms with Crippen molar-refractivity contribution in [2.45, 2.75) is 25.7 Å². The first-order valence-electron chi connectivity index (χ1n) is 7.54. The van der Waals surface area contributed by atoms with Crippen molar-refractivity contribution in [3.05, 3.63) is 6.07 Å². The van der Waals surface area contributed by atoms with Crippen molar-refractivity contribution in [3.63, 3.8) is 0 Å². The van der Waals surface area contributed by atoms with Gasteiger partial charge in [0.1, 0.15) is 11.6 Å². The van der Waals surface area contributed by atoms with E-state index in [1.807, 2.05) is 0 Å². The van der Waals surface area contributed by atoms with Gasteiger partial charge in [-0.15, -0.1) is 0 Å². The van der Waals surface area contributed by atoms with Crippen molar-refractivity contribution in [1.29, 1.82) is 0 Å². The monoisotopic (exact) mass is 304 g/mol. The first-order valence-corrected chi connectivity index (χ1v) is 7.54. The number of hydrogen-bond donors (Lipinski definition) is 2. The van der Waals surface area contributed by atoms with E-state index < -0.39 is 11.8 Å². The van der Waals surface area contributed by atoms with Crippen LogP contribution >= 0.6 is 0 Å². The molecule has 118 valence electrons. The van der Waals surface area contributed by atoms with E-state index in [1.54, 1.807) is 6.07 Å². The Morgan fingerprint density at radius 1 is 1.23 bits per heavy atom. The van der Waals surface area contributed by atoms with Gasteiger partial charge in [-0.25, -0.2) is 0 Å². The van der Waals surface area contributed by atoms with Gasteiger partial charge in [-0.3, -0.25) is 14.5 Å². The van der Waals surface area contributed by atoms with Crippen molar-refractivity contribution in [3.8, 4) is 0 Å². The molecule has 0 radical (unpaired) electrons. The second-order valence-electron chi connectivity index (χ2n) is 5.81. The number of nitrogens with two attached hydrogens (primary N) is 2. The van der Waals surface area contributed by atoms with Gasteiger partial charge in [-0.1, -0.05) is 0 Å². The van der Waals surface area contributed by atoms with Gasteiger partial charge in [0.25, 0.3) is 0 Å². The summed E-state index contributed by atoms with van der Waals surface area (Å²) >= 11 is 0. The zero-order valence-electron chi connectivity index (χ0n) is 12.4. The average Bonchev–Trinajstić information content (AvgIpc) is 2.90. The standard InChI is InChI=1S/C14H20N6O2/c15-10-7-11(19-4-2-1-3-5-19)18-14(17-10)20-8-9(13(16)22)6-12(20)21/h7,9H,1-6,8H2,(H2,16,22)(H2,15,17,18). The molecular weight excluding hydrogens is 284 g/mol. The summed E-state index contributed by atoms with van der Waals surface area (Å²) in [5.41, 5.74) is 11.2. The number of amides is 2. The van der Waals surface area contributed by atoms with Crippen LogP contribution in [-0.4, -0.2) is 41.4 Å². The Morgan fingerprint density at radius 2 is 1.95 bits per heavy atom. The van der Waals surface area contributed by atoms with Crippen LogP contribution in [-0.2, 0) is 9.59 Å². The van der Waals surface area contributed by atoms with Gasteiger partial charge in [-0.2, -0.15) is 9.97 Å². The average molecular weight is 304 g/mol. The van der Waals surface area contributed by atoms with Crippen LogP contribution in [0.2, 0.25) is 0 Å². The highest BCUT2D eigenvalue weighted by molar-refractivity contribution is 5.99. The summed E-state index contributed by atoms with van der Waals surface area (Å²) < 4.78 is 0. The number of primary amides is 1. The molecule has 2 amide bonds. The quantitative estimate of drug-likeness (QED) is 0.804. The van der Waals surface area contributed by atoms with Gasteiger partial charge < -0.3 is 16.4 Å². The van der Waals surface area contributed by atoms with E-state index in [4.69, 9.17) is 11.5 Å². The van der Waals surface area contributed by atoms with E-state index in [1.165, 1.54) is 11.3 Å². The van der Waals surface area contributed by atoms with E-state index >= 15 is 0 Å². The van der Waals surface area contributed by atoms with E-state index in [0.717, 1.165) is 31.7 Å². The van der Waals surface area contributed by atoms with Gasteiger partial charge in [0, 0.05) is 32.1 Å². The van der Waals surface area contributed by atoms with Crippen molar-refractivity contribution >= 4 is 29.4 Å². The maximum Gasteiger partial charge on any atom is 0.236 e. The maximum absolute atomic E-state index is 12.1. The van der Waals surface area contributed by atoms with Crippen LogP contribution in [0.1, 0.15) is 25.7 Å². The molecule has 0 spiro atoms. The van der Waals surface area contributed by atoms with Crippen molar-refractivity contribution in [2.75, 3.05) is 35.2 Å². The lowest BCUT2D eigenvalue weighted by Gasteiger charge is -2.28. The van der Waals surface area contributed by atoms with Crippen molar-refractivity contribution in [1.82, 2.24) is 9.97 Å². The van der Waals surface area contributed by atoms with E-state index in [9.17, 15) is 9.59 Å². The molecule has 1 atom stereocenters. The molecule has 2 fully saturated rings. The molecule has 1 aromatic rings. The summed E-state index contributed by atoms with van der Waals surface area (Å²) in [6.45, 7) is 2.07. The van der Waals surface area contributed by atoms with Crippen molar-refractivity contribution < 1.29 is 9.59 Å². The molecule has 3 heterocycles. The smallest absolute Gasteiger partial charge is 0.236 e. The van der Waals surface area contributed by atoms with E-state index in [2.05, 4.69) is 14.9 Å². The highest BCUT2D eigenvalue weighted by Gasteiger charge is 2.35. The highest BCUT2D eigenvalue weighted by atomic mass is 16.2. The second kappa shape index (κ2) is 5.78. The summed E-state index contributed by atoms with van der Waals surface area (Å²) in [6, 6.07) is 1.72. The number of hydrogen-bond acceptors (Lipinski definition) is 6. The number of piperidine rings is 1. The fourth-order valence-corrected chi connectivity index (χ4v) is 2.94. The Kier molecular flexibility index (Phi) is 3.82. The van der Waals surface area contributed by atoms with Crippen LogP contribution in [0.5, 0.6) is 0 Å². The summed E-state index contributed by atoms with van der Waals surface area (Å²) in [4.78, 5) is 35.5. The third-order valence-corrected chi connectivity index (χ3v) is 4.17. The molecule has 0 aromatic carbocycles. The molecule has 3 rings (SSSR count). The SMILES string of the molecule is NC(=O)C1CC(=O)N(c2nc(N)cc(N3CCCCC3)n2)C1. The van der Waals surface area contributed by atoms with Crippen LogP contribution in [0.3, 0.4) is 0 Å². The molecule has 8 nitrogen and oxygen atoms in total. The Hall–Kier alpha value is -2.38. The molecule has 0 bridgehead atoms. The minimum atomic E-state index is -0.490. The normalized spacial score (nSPS) is 22.2. The summed E-state index contributed by atoms with van der Waals surface area (Å²) in [5, 5.41) is 0. The first-order chi connectivity index (χ1) is 10.5. The fraction of sp³-hybridized carbons (Fsp3) is 0.571. The van der Waals surface area contributed by atoms with Crippen LogP contribution in [0, 0.1) is 5.92 Å². The predicted molar refractivity (Wildman–Crippen MR) is 82.2 cm³/mol. The molecule has 8 heteroatoms. The number of carbonyl (C=O) groups is 2. The predicted octanol–water partition coefficient (Wildman–Crippen LogP) is -0.113. The van der Waals surface area contributed by atoms with Gasteiger partial charge in [-0.05, 0) is 19.3 Å². The molecule has 22 heavy (non-hydrogen) atoms. The number of carbonyl (C=O) groups excluding carboxylic acids is 2. The molecule has 2 aliphatic rings. The van der Waals surface area contributed by atoms with Crippen LogP contribution in [0.4, 0.5) is 17.6 Å². The lowest BCUT2D eigenvalue weighted by atomic mass is 10.1. The first kappa shape index (κ1) is 14.6. The molecule has 0 aliphatic carbocycles. The summed E-state index contributed by atoms with van der Waals surface area (Å²) in [7, 11) is 0. The lowest BCUT2D eigenvalue weighted by Crippen LogP contribution is -2.33. The van der Waals surface area contributed by atoms with Gasteiger partial charge in [0.15, 0.2) is 0 Å². The van der Waals surface area contributed by atoms with Gasteiger partial charge in [0.2, 0.25) is 17.8 Å². The number of rotatable bonds is 3. The number of nitrogens with zero attached hydrogens (tertiary/aromatic N) is 4.